The van der Waals surface area contributed by atoms with E-state index < -0.39 is 0 Å². The average molecular weight is 308 g/mol. The summed E-state index contributed by atoms with van der Waals surface area (Å²) in [4.78, 5) is 12.0. The van der Waals surface area contributed by atoms with Gasteiger partial charge in [0.1, 0.15) is 5.75 Å². The van der Waals surface area contributed by atoms with Gasteiger partial charge in [0.05, 0.1) is 13.7 Å². The predicted molar refractivity (Wildman–Crippen MR) is 89.2 cm³/mol. The van der Waals surface area contributed by atoms with Crippen LogP contribution >= 0.6 is 11.8 Å². The molecule has 0 aromatic heterocycles. The molecule has 0 saturated heterocycles. The van der Waals surface area contributed by atoms with Crippen molar-refractivity contribution in [2.45, 2.75) is 37.0 Å². The Morgan fingerprint density at radius 2 is 2.00 bits per heavy atom. The minimum absolute atomic E-state index is 0.00518. The van der Waals surface area contributed by atoms with E-state index in [1.54, 1.807) is 7.11 Å². The van der Waals surface area contributed by atoms with Gasteiger partial charge in [-0.25, -0.2) is 0 Å². The van der Waals surface area contributed by atoms with Gasteiger partial charge in [0.2, 0.25) is 5.91 Å². The lowest BCUT2D eigenvalue weighted by molar-refractivity contribution is -0.115. The molecule has 1 fully saturated rings. The molecule has 1 aromatic carbocycles. The number of carbonyl (C=O) groups is 1. The smallest absolute Gasteiger partial charge is 0.238 e. The minimum Gasteiger partial charge on any atom is -0.497 e. The van der Waals surface area contributed by atoms with E-state index in [1.807, 2.05) is 36.0 Å². The number of ether oxygens (including phenoxy) is 1. The van der Waals surface area contributed by atoms with Crippen LogP contribution in [0.2, 0.25) is 0 Å². The summed E-state index contributed by atoms with van der Waals surface area (Å²) in [6, 6.07) is 7.83. The van der Waals surface area contributed by atoms with Gasteiger partial charge in [0, 0.05) is 17.0 Å². The van der Waals surface area contributed by atoms with Crippen LogP contribution in [0.15, 0.2) is 24.3 Å². The van der Waals surface area contributed by atoms with Crippen molar-refractivity contribution >= 4 is 23.4 Å². The lowest BCUT2D eigenvalue weighted by Gasteiger charge is -2.30. The van der Waals surface area contributed by atoms with E-state index in [0.29, 0.717) is 17.8 Å². The summed E-state index contributed by atoms with van der Waals surface area (Å²) >= 11 is 1.91. The molecule has 21 heavy (non-hydrogen) atoms. The number of anilines is 1. The Morgan fingerprint density at radius 1 is 1.29 bits per heavy atom. The molecule has 1 amide bonds. The summed E-state index contributed by atoms with van der Waals surface area (Å²) in [6.45, 7) is 0.369. The molecule has 5 heteroatoms. The number of nitrogens with one attached hydrogen (secondary N) is 2. The molecule has 1 aromatic rings. The first-order chi connectivity index (χ1) is 10.2. The van der Waals surface area contributed by atoms with E-state index in [-0.39, 0.29) is 5.91 Å². The molecule has 0 heterocycles. The van der Waals surface area contributed by atoms with Crippen LogP contribution in [-0.4, -0.2) is 37.1 Å². The zero-order valence-corrected chi connectivity index (χ0v) is 13.5. The standard InChI is InChI=1S/C16H24N2O2S/c1-20-13-9-7-12(8-10-13)18-16(19)11-17-14-5-3-4-6-15(14)21-2/h7-10,14-15,17H,3-6,11H2,1-2H3,(H,18,19). The van der Waals surface area contributed by atoms with Gasteiger partial charge < -0.3 is 15.4 Å². The van der Waals surface area contributed by atoms with Crippen LogP contribution < -0.4 is 15.4 Å². The molecule has 0 aliphatic heterocycles. The fraction of sp³-hybridized carbons (Fsp3) is 0.562. The van der Waals surface area contributed by atoms with Gasteiger partial charge in [-0.1, -0.05) is 12.8 Å². The van der Waals surface area contributed by atoms with Gasteiger partial charge in [-0.2, -0.15) is 11.8 Å². The Balaban J connectivity index is 1.78. The summed E-state index contributed by atoms with van der Waals surface area (Å²) in [5.41, 5.74) is 0.799. The van der Waals surface area contributed by atoms with Crippen LogP contribution in [0.25, 0.3) is 0 Å². The molecule has 0 radical (unpaired) electrons. The number of thioether (sulfide) groups is 1. The lowest BCUT2D eigenvalue weighted by atomic mass is 9.95. The number of methoxy groups -OCH3 is 1. The fourth-order valence-electron chi connectivity index (χ4n) is 2.72. The molecule has 2 atom stereocenters. The van der Waals surface area contributed by atoms with Crippen molar-refractivity contribution in [2.24, 2.45) is 0 Å². The highest BCUT2D eigenvalue weighted by atomic mass is 32.2. The maximum Gasteiger partial charge on any atom is 0.238 e. The molecule has 2 rings (SSSR count). The number of amides is 1. The summed E-state index contributed by atoms with van der Waals surface area (Å²) in [5, 5.41) is 6.94. The van der Waals surface area contributed by atoms with Gasteiger partial charge in [0.25, 0.3) is 0 Å². The molecule has 116 valence electrons. The van der Waals surface area contributed by atoms with Crippen molar-refractivity contribution in [3.05, 3.63) is 24.3 Å². The molecule has 1 saturated carbocycles. The van der Waals surface area contributed by atoms with Crippen LogP contribution in [-0.2, 0) is 4.79 Å². The zero-order valence-electron chi connectivity index (χ0n) is 12.7. The molecule has 4 nitrogen and oxygen atoms in total. The third kappa shape index (κ3) is 4.93. The van der Waals surface area contributed by atoms with Crippen LogP contribution in [0, 0.1) is 0 Å². The highest BCUT2D eigenvalue weighted by Gasteiger charge is 2.24. The SMILES string of the molecule is COc1ccc(NC(=O)CNC2CCCCC2SC)cc1. The average Bonchev–Trinajstić information content (AvgIpc) is 2.54. The number of hydrogen-bond acceptors (Lipinski definition) is 4. The summed E-state index contributed by atoms with van der Waals surface area (Å²) < 4.78 is 5.10. The van der Waals surface area contributed by atoms with E-state index >= 15 is 0 Å². The van der Waals surface area contributed by atoms with Gasteiger partial charge in [0.15, 0.2) is 0 Å². The van der Waals surface area contributed by atoms with Crippen LogP contribution in [0.5, 0.6) is 5.75 Å². The third-order valence-electron chi connectivity index (χ3n) is 3.90. The highest BCUT2D eigenvalue weighted by molar-refractivity contribution is 7.99. The number of hydrogen-bond donors (Lipinski definition) is 2. The lowest BCUT2D eigenvalue weighted by Crippen LogP contribution is -2.43. The van der Waals surface area contributed by atoms with Crippen molar-refractivity contribution in [3.8, 4) is 5.75 Å². The number of benzene rings is 1. The van der Waals surface area contributed by atoms with Gasteiger partial charge >= 0.3 is 0 Å². The van der Waals surface area contributed by atoms with Crippen molar-refractivity contribution in [2.75, 3.05) is 25.2 Å². The summed E-state index contributed by atoms with van der Waals surface area (Å²) in [7, 11) is 1.63. The molecule has 2 unspecified atom stereocenters. The molecule has 0 bridgehead atoms. The maximum absolute atomic E-state index is 12.0. The van der Waals surface area contributed by atoms with Crippen molar-refractivity contribution in [1.82, 2.24) is 5.32 Å². The Kier molecular flexibility index (Phi) is 6.39. The first-order valence-electron chi connectivity index (χ1n) is 7.43. The monoisotopic (exact) mass is 308 g/mol. The second kappa shape index (κ2) is 8.29. The topological polar surface area (TPSA) is 50.4 Å². The predicted octanol–water partition coefficient (Wildman–Crippen LogP) is 2.90. The van der Waals surface area contributed by atoms with Gasteiger partial charge in [-0.05, 0) is 43.4 Å². The van der Waals surface area contributed by atoms with E-state index in [4.69, 9.17) is 4.74 Å². The molecular formula is C16H24N2O2S. The quantitative estimate of drug-likeness (QED) is 0.848. The van der Waals surface area contributed by atoms with Crippen molar-refractivity contribution in [1.29, 1.82) is 0 Å². The molecule has 1 aliphatic rings. The van der Waals surface area contributed by atoms with Crippen molar-refractivity contribution < 1.29 is 9.53 Å². The summed E-state index contributed by atoms with van der Waals surface area (Å²) in [5.74, 6) is 0.793. The first kappa shape index (κ1) is 16.2. The van der Waals surface area contributed by atoms with Crippen LogP contribution in [0.1, 0.15) is 25.7 Å². The minimum atomic E-state index is 0.00518. The highest BCUT2D eigenvalue weighted by Crippen LogP contribution is 2.27. The van der Waals surface area contributed by atoms with Gasteiger partial charge in [-0.3, -0.25) is 4.79 Å². The Labute approximate surface area is 131 Å². The fourth-order valence-corrected chi connectivity index (χ4v) is 3.68. The maximum atomic E-state index is 12.0. The third-order valence-corrected chi connectivity index (χ3v) is 5.07. The largest absolute Gasteiger partial charge is 0.497 e. The zero-order chi connectivity index (χ0) is 15.1. The van der Waals surface area contributed by atoms with E-state index in [2.05, 4.69) is 16.9 Å². The second-order valence-corrected chi connectivity index (χ2v) is 6.40. The van der Waals surface area contributed by atoms with Crippen LogP contribution in [0.3, 0.4) is 0 Å². The first-order valence-corrected chi connectivity index (χ1v) is 8.72. The Hall–Kier alpha value is -1.20. The second-order valence-electron chi connectivity index (χ2n) is 5.32. The van der Waals surface area contributed by atoms with E-state index in [9.17, 15) is 4.79 Å². The Bertz CT molecular complexity index is 450. The van der Waals surface area contributed by atoms with Crippen LogP contribution in [0.4, 0.5) is 5.69 Å². The molecular weight excluding hydrogens is 284 g/mol. The van der Waals surface area contributed by atoms with E-state index in [0.717, 1.165) is 11.4 Å². The molecule has 0 spiro atoms. The van der Waals surface area contributed by atoms with Gasteiger partial charge in [-0.15, -0.1) is 0 Å². The molecule has 2 N–H and O–H groups in total. The number of carbonyl (C=O) groups excluding carboxylic acids is 1. The van der Waals surface area contributed by atoms with E-state index in [1.165, 1.54) is 25.7 Å². The molecule has 1 aliphatic carbocycles. The normalized spacial score (nSPS) is 21.8. The summed E-state index contributed by atoms with van der Waals surface area (Å²) in [6.07, 6.45) is 7.14. The number of rotatable bonds is 6. The van der Waals surface area contributed by atoms with Crippen molar-refractivity contribution in [3.63, 3.8) is 0 Å². The Morgan fingerprint density at radius 3 is 2.67 bits per heavy atom.